The first-order valence-electron chi connectivity index (χ1n) is 12.9. The third-order valence-electron chi connectivity index (χ3n) is 7.82. The smallest absolute Gasteiger partial charge is 0.246 e. The molecule has 0 aromatic heterocycles. The largest absolute Gasteiger partial charge is 0.494 e. The summed E-state index contributed by atoms with van der Waals surface area (Å²) in [7, 11) is 0. The molecule has 0 saturated carbocycles. The van der Waals surface area contributed by atoms with Gasteiger partial charge in [0.2, 0.25) is 17.7 Å². The van der Waals surface area contributed by atoms with Crippen LogP contribution < -0.4 is 15.4 Å². The van der Waals surface area contributed by atoms with E-state index in [9.17, 15) is 19.5 Å². The summed E-state index contributed by atoms with van der Waals surface area (Å²) < 4.78 is 12.2. The van der Waals surface area contributed by atoms with Gasteiger partial charge in [-0.05, 0) is 78.1 Å². The van der Waals surface area contributed by atoms with Gasteiger partial charge in [-0.2, -0.15) is 0 Å². The average molecular weight is 502 g/mol. The van der Waals surface area contributed by atoms with Gasteiger partial charge in [0, 0.05) is 11.2 Å². The quantitative estimate of drug-likeness (QED) is 0.504. The van der Waals surface area contributed by atoms with Crippen molar-refractivity contribution in [3.05, 3.63) is 24.3 Å². The van der Waals surface area contributed by atoms with Crippen LogP contribution in [0.25, 0.3) is 0 Å². The Morgan fingerprint density at radius 1 is 1.19 bits per heavy atom. The Hall–Kier alpha value is -2.65. The minimum absolute atomic E-state index is 0.296. The van der Waals surface area contributed by atoms with Crippen molar-refractivity contribution in [3.8, 4) is 5.75 Å². The molecule has 198 valence electrons. The Bertz CT molecular complexity index is 1020. The molecular weight excluding hydrogens is 462 g/mol. The Labute approximate surface area is 212 Å². The number of rotatable bonds is 8. The molecule has 9 heteroatoms. The number of likely N-dealkylation sites (tertiary alicyclic amines) is 1. The Balaban J connectivity index is 1.71. The molecule has 6 atom stereocenters. The van der Waals surface area contributed by atoms with Gasteiger partial charge in [0.15, 0.2) is 0 Å². The molecule has 3 amide bonds. The van der Waals surface area contributed by atoms with Gasteiger partial charge in [-0.15, -0.1) is 0 Å². The number of benzene rings is 1. The number of aliphatic hydroxyl groups is 1. The molecule has 3 saturated heterocycles. The van der Waals surface area contributed by atoms with E-state index >= 15 is 0 Å². The van der Waals surface area contributed by atoms with Crippen LogP contribution in [0.1, 0.15) is 60.8 Å². The van der Waals surface area contributed by atoms with Gasteiger partial charge < -0.3 is 30.1 Å². The Kier molecular flexibility index (Phi) is 6.85. The Morgan fingerprint density at radius 2 is 1.86 bits per heavy atom. The fraction of sp³-hybridized carbons (Fsp3) is 0.667. The van der Waals surface area contributed by atoms with Gasteiger partial charge in [0.05, 0.1) is 36.7 Å². The first-order chi connectivity index (χ1) is 16.9. The zero-order chi connectivity index (χ0) is 26.5. The van der Waals surface area contributed by atoms with E-state index in [2.05, 4.69) is 10.6 Å². The van der Waals surface area contributed by atoms with E-state index in [1.807, 2.05) is 34.6 Å². The van der Waals surface area contributed by atoms with Gasteiger partial charge in [-0.1, -0.05) is 6.92 Å². The third-order valence-corrected chi connectivity index (χ3v) is 7.82. The maximum atomic E-state index is 14.0. The van der Waals surface area contributed by atoms with E-state index in [0.29, 0.717) is 37.3 Å². The maximum Gasteiger partial charge on any atom is 0.246 e. The predicted molar refractivity (Wildman–Crippen MR) is 134 cm³/mol. The lowest BCUT2D eigenvalue weighted by molar-refractivity contribution is -0.150. The minimum Gasteiger partial charge on any atom is -0.494 e. The number of fused-ring (bicyclic) bond motifs is 1. The molecule has 1 aromatic carbocycles. The summed E-state index contributed by atoms with van der Waals surface area (Å²) in [6, 6.07) is 5.58. The van der Waals surface area contributed by atoms with Gasteiger partial charge >= 0.3 is 0 Å². The van der Waals surface area contributed by atoms with E-state index in [1.54, 1.807) is 31.2 Å². The fourth-order valence-electron chi connectivity index (χ4n) is 6.37. The zero-order valence-electron chi connectivity index (χ0n) is 22.1. The molecule has 3 aliphatic rings. The average Bonchev–Trinajstić information content (AvgIpc) is 3.42. The van der Waals surface area contributed by atoms with Crippen molar-refractivity contribution in [1.29, 1.82) is 0 Å². The topological polar surface area (TPSA) is 117 Å². The zero-order valence-corrected chi connectivity index (χ0v) is 22.1. The Morgan fingerprint density at radius 3 is 2.42 bits per heavy atom. The number of ether oxygens (including phenoxy) is 2. The van der Waals surface area contributed by atoms with Crippen LogP contribution in [0.3, 0.4) is 0 Å². The predicted octanol–water partition coefficient (Wildman–Crippen LogP) is 2.47. The lowest BCUT2D eigenvalue weighted by Crippen LogP contribution is -2.60. The number of amides is 3. The van der Waals surface area contributed by atoms with Crippen LogP contribution in [0.4, 0.5) is 5.69 Å². The van der Waals surface area contributed by atoms with E-state index < -0.39 is 40.7 Å². The molecule has 9 nitrogen and oxygen atoms in total. The fourth-order valence-corrected chi connectivity index (χ4v) is 6.37. The van der Waals surface area contributed by atoms with Crippen LogP contribution in [0.15, 0.2) is 24.3 Å². The van der Waals surface area contributed by atoms with Crippen molar-refractivity contribution in [1.82, 2.24) is 10.2 Å². The van der Waals surface area contributed by atoms with Gasteiger partial charge in [0.1, 0.15) is 17.4 Å². The number of anilines is 1. The SMILES string of the molecule is CCOc1ccc(NC(=O)[C@H]2[C@H]3C(=O)N([C@H](C)CO)C(C(=O)NC(C)(C)C)C34CC[C@]2(CC)O4)cc1. The van der Waals surface area contributed by atoms with Gasteiger partial charge in [-0.3, -0.25) is 14.4 Å². The molecule has 2 unspecified atom stereocenters. The molecule has 0 radical (unpaired) electrons. The van der Waals surface area contributed by atoms with Crippen molar-refractivity contribution in [2.24, 2.45) is 11.8 Å². The molecule has 3 fully saturated rings. The molecule has 1 spiro atoms. The monoisotopic (exact) mass is 501 g/mol. The van der Waals surface area contributed by atoms with Crippen molar-refractivity contribution in [3.63, 3.8) is 0 Å². The van der Waals surface area contributed by atoms with Crippen LogP contribution in [-0.2, 0) is 19.1 Å². The maximum absolute atomic E-state index is 14.0. The highest BCUT2D eigenvalue weighted by Gasteiger charge is 2.79. The van der Waals surface area contributed by atoms with Crippen molar-refractivity contribution in [2.75, 3.05) is 18.5 Å². The lowest BCUT2D eigenvalue weighted by atomic mass is 9.65. The number of nitrogens with one attached hydrogen (secondary N) is 2. The second-order valence-electron chi connectivity index (χ2n) is 11.3. The number of hydrogen-bond acceptors (Lipinski definition) is 6. The highest BCUT2D eigenvalue weighted by molar-refractivity contribution is 6.02. The molecule has 0 aliphatic carbocycles. The molecule has 3 aliphatic heterocycles. The standard InChI is InChI=1S/C27H39N3O6/c1-7-26-13-14-27(36-26)20(19(26)22(32)28-17-9-11-18(12-10-17)35-8-2)24(34)30(16(3)15-31)21(27)23(33)29-25(4,5)6/h9-12,16,19-21,31H,7-8,13-15H2,1-6H3,(H,28,32)(H,29,33)/t16-,19-,20+,21?,26+,27?/m1/s1. The molecule has 1 aromatic rings. The number of hydrogen-bond donors (Lipinski definition) is 3. The highest BCUT2D eigenvalue weighted by atomic mass is 16.5. The van der Waals surface area contributed by atoms with E-state index in [-0.39, 0.29) is 24.3 Å². The summed E-state index contributed by atoms with van der Waals surface area (Å²) in [4.78, 5) is 42.8. The second-order valence-corrected chi connectivity index (χ2v) is 11.3. The summed E-state index contributed by atoms with van der Waals surface area (Å²) in [5.74, 6) is -1.79. The van der Waals surface area contributed by atoms with Crippen LogP contribution in [-0.4, -0.2) is 69.8 Å². The van der Waals surface area contributed by atoms with Crippen molar-refractivity contribution in [2.45, 2.75) is 89.6 Å². The first kappa shape index (κ1) is 26.4. The van der Waals surface area contributed by atoms with E-state index in [0.717, 1.165) is 0 Å². The van der Waals surface area contributed by atoms with Crippen LogP contribution in [0.2, 0.25) is 0 Å². The minimum atomic E-state index is -1.12. The van der Waals surface area contributed by atoms with Crippen molar-refractivity contribution >= 4 is 23.4 Å². The molecule has 36 heavy (non-hydrogen) atoms. The molecular formula is C27H39N3O6. The molecule has 3 heterocycles. The summed E-state index contributed by atoms with van der Waals surface area (Å²) in [6.07, 6.45) is 1.62. The summed E-state index contributed by atoms with van der Waals surface area (Å²) in [5.41, 5.74) is -1.87. The van der Waals surface area contributed by atoms with Gasteiger partial charge in [0.25, 0.3) is 0 Å². The second kappa shape index (κ2) is 9.34. The first-order valence-corrected chi connectivity index (χ1v) is 12.9. The molecule has 3 N–H and O–H groups in total. The number of carbonyl (C=O) groups excluding carboxylic acids is 3. The van der Waals surface area contributed by atoms with Gasteiger partial charge in [-0.25, -0.2) is 0 Å². The normalized spacial score (nSPS) is 31.8. The molecule has 2 bridgehead atoms. The third kappa shape index (κ3) is 4.16. The highest BCUT2D eigenvalue weighted by Crippen LogP contribution is 2.64. The summed E-state index contributed by atoms with van der Waals surface area (Å²) in [5, 5.41) is 15.9. The van der Waals surface area contributed by atoms with Crippen LogP contribution >= 0.6 is 0 Å². The number of carbonyl (C=O) groups is 3. The number of aliphatic hydroxyl groups excluding tert-OH is 1. The molecule has 4 rings (SSSR count). The van der Waals surface area contributed by atoms with Crippen molar-refractivity contribution < 1.29 is 29.0 Å². The van der Waals surface area contributed by atoms with E-state index in [1.165, 1.54) is 4.90 Å². The lowest BCUT2D eigenvalue weighted by Gasteiger charge is -2.37. The summed E-state index contributed by atoms with van der Waals surface area (Å²) in [6.45, 7) is 11.5. The van der Waals surface area contributed by atoms with Crippen LogP contribution in [0.5, 0.6) is 5.75 Å². The summed E-state index contributed by atoms with van der Waals surface area (Å²) >= 11 is 0. The van der Waals surface area contributed by atoms with Crippen LogP contribution in [0, 0.1) is 11.8 Å². The number of nitrogens with zero attached hydrogens (tertiary/aromatic N) is 1. The van der Waals surface area contributed by atoms with E-state index in [4.69, 9.17) is 9.47 Å².